The maximum absolute atomic E-state index is 6.03. The standard InChI is InChI=1S/C10H11Cl2N5S/c1-5-3-14-8(18-5)4-15-9-6(11)2-7(12)10(16-9)17-13/h2-3H,4,13H2,1H3,(H2,15,16,17). The van der Waals surface area contributed by atoms with Crippen LogP contribution in [0.3, 0.4) is 0 Å². The number of nitrogens with two attached hydrogens (primary N) is 1. The normalized spacial score (nSPS) is 10.4. The Morgan fingerprint density at radius 1 is 1.33 bits per heavy atom. The van der Waals surface area contributed by atoms with Gasteiger partial charge in [-0.05, 0) is 13.0 Å². The number of nitrogen functional groups attached to an aromatic ring is 1. The molecule has 0 spiro atoms. The smallest absolute Gasteiger partial charge is 0.161 e. The van der Waals surface area contributed by atoms with Crippen molar-refractivity contribution < 1.29 is 0 Å². The lowest BCUT2D eigenvalue weighted by Gasteiger charge is -2.09. The van der Waals surface area contributed by atoms with E-state index in [2.05, 4.69) is 20.7 Å². The highest BCUT2D eigenvalue weighted by Crippen LogP contribution is 2.29. The van der Waals surface area contributed by atoms with Gasteiger partial charge in [-0.1, -0.05) is 23.2 Å². The van der Waals surface area contributed by atoms with E-state index in [-0.39, 0.29) is 0 Å². The molecule has 4 N–H and O–H groups in total. The number of pyridine rings is 1. The zero-order chi connectivity index (χ0) is 13.1. The fraction of sp³-hybridized carbons (Fsp3) is 0.200. The monoisotopic (exact) mass is 303 g/mol. The maximum Gasteiger partial charge on any atom is 0.161 e. The number of halogens is 2. The van der Waals surface area contributed by atoms with Crippen LogP contribution in [0.4, 0.5) is 11.6 Å². The van der Waals surface area contributed by atoms with Crippen LogP contribution >= 0.6 is 34.5 Å². The van der Waals surface area contributed by atoms with Gasteiger partial charge in [0.15, 0.2) is 5.82 Å². The van der Waals surface area contributed by atoms with E-state index in [0.717, 1.165) is 9.88 Å². The zero-order valence-corrected chi connectivity index (χ0v) is 11.8. The Bertz CT molecular complexity index is 557. The largest absolute Gasteiger partial charge is 0.362 e. The van der Waals surface area contributed by atoms with Gasteiger partial charge >= 0.3 is 0 Å². The van der Waals surface area contributed by atoms with Gasteiger partial charge in [0.25, 0.3) is 0 Å². The summed E-state index contributed by atoms with van der Waals surface area (Å²) in [4.78, 5) is 9.58. The first kappa shape index (κ1) is 13.4. The van der Waals surface area contributed by atoms with E-state index in [1.807, 2.05) is 13.1 Å². The second-order valence-electron chi connectivity index (χ2n) is 3.51. The zero-order valence-electron chi connectivity index (χ0n) is 9.50. The van der Waals surface area contributed by atoms with E-state index >= 15 is 0 Å². The number of hydrazine groups is 1. The lowest BCUT2D eigenvalue weighted by molar-refractivity contribution is 1.07. The summed E-state index contributed by atoms with van der Waals surface area (Å²) in [6.07, 6.45) is 1.82. The van der Waals surface area contributed by atoms with Crippen molar-refractivity contribution in [2.75, 3.05) is 10.7 Å². The van der Waals surface area contributed by atoms with Crippen molar-refractivity contribution >= 4 is 46.2 Å². The summed E-state index contributed by atoms with van der Waals surface area (Å²) in [6.45, 7) is 2.56. The molecular weight excluding hydrogens is 293 g/mol. The third-order valence-corrected chi connectivity index (χ3v) is 3.63. The van der Waals surface area contributed by atoms with Crippen LogP contribution in [-0.4, -0.2) is 9.97 Å². The summed E-state index contributed by atoms with van der Waals surface area (Å²) in [5.41, 5.74) is 2.41. The van der Waals surface area contributed by atoms with Crippen LogP contribution in [0.1, 0.15) is 9.88 Å². The van der Waals surface area contributed by atoms with Crippen LogP contribution in [0.2, 0.25) is 10.0 Å². The molecule has 0 radical (unpaired) electrons. The highest BCUT2D eigenvalue weighted by Gasteiger charge is 2.09. The molecule has 2 heterocycles. The molecule has 0 aliphatic carbocycles. The topological polar surface area (TPSA) is 75.9 Å². The number of aryl methyl sites for hydroxylation is 1. The predicted molar refractivity (Wildman–Crippen MR) is 76.2 cm³/mol. The molecule has 2 aromatic rings. The van der Waals surface area contributed by atoms with Gasteiger partial charge < -0.3 is 10.7 Å². The third-order valence-electron chi connectivity index (χ3n) is 2.14. The first-order valence-electron chi connectivity index (χ1n) is 5.08. The van der Waals surface area contributed by atoms with Gasteiger partial charge in [-0.25, -0.2) is 15.8 Å². The third kappa shape index (κ3) is 3.02. The van der Waals surface area contributed by atoms with Gasteiger partial charge in [0.1, 0.15) is 10.8 Å². The molecule has 0 bridgehead atoms. The van der Waals surface area contributed by atoms with E-state index in [1.54, 1.807) is 17.4 Å². The molecule has 2 aromatic heterocycles. The maximum atomic E-state index is 6.03. The summed E-state index contributed by atoms with van der Waals surface area (Å²) in [7, 11) is 0. The van der Waals surface area contributed by atoms with Gasteiger partial charge in [0.05, 0.1) is 16.6 Å². The van der Waals surface area contributed by atoms with Crippen molar-refractivity contribution in [3.63, 3.8) is 0 Å². The molecule has 0 saturated carbocycles. The lowest BCUT2D eigenvalue weighted by atomic mass is 10.4. The molecule has 2 rings (SSSR count). The van der Waals surface area contributed by atoms with E-state index < -0.39 is 0 Å². The molecule has 0 saturated heterocycles. The molecule has 0 aliphatic heterocycles. The Morgan fingerprint density at radius 3 is 2.67 bits per heavy atom. The molecular formula is C10H11Cl2N5S. The number of anilines is 2. The van der Waals surface area contributed by atoms with Crippen LogP contribution in [0.5, 0.6) is 0 Å². The van der Waals surface area contributed by atoms with Crippen molar-refractivity contribution in [1.82, 2.24) is 9.97 Å². The molecule has 0 atom stereocenters. The number of rotatable bonds is 4. The number of nitrogens with one attached hydrogen (secondary N) is 2. The van der Waals surface area contributed by atoms with Crippen LogP contribution in [0.25, 0.3) is 0 Å². The average Bonchev–Trinajstić information content (AvgIpc) is 2.74. The van der Waals surface area contributed by atoms with Crippen molar-refractivity contribution in [3.8, 4) is 0 Å². The summed E-state index contributed by atoms with van der Waals surface area (Å²) < 4.78 is 0. The van der Waals surface area contributed by atoms with Crippen LogP contribution in [0, 0.1) is 6.92 Å². The Kier molecular flexibility index (Phi) is 4.23. The first-order chi connectivity index (χ1) is 8.60. The number of hydrogen-bond donors (Lipinski definition) is 3. The minimum atomic E-state index is 0.373. The molecule has 0 aliphatic rings. The molecule has 18 heavy (non-hydrogen) atoms. The van der Waals surface area contributed by atoms with Gasteiger partial charge in [-0.15, -0.1) is 11.3 Å². The Hall–Kier alpha value is -1.08. The average molecular weight is 304 g/mol. The Morgan fingerprint density at radius 2 is 2.06 bits per heavy atom. The number of aromatic nitrogens is 2. The summed E-state index contributed by atoms with van der Waals surface area (Å²) in [5, 5.41) is 4.87. The molecule has 96 valence electrons. The fourth-order valence-electron chi connectivity index (χ4n) is 1.33. The van der Waals surface area contributed by atoms with Crippen LogP contribution < -0.4 is 16.6 Å². The number of thiazole rings is 1. The number of nitrogens with zero attached hydrogens (tertiary/aromatic N) is 2. The molecule has 0 unspecified atom stereocenters. The van der Waals surface area contributed by atoms with Gasteiger partial charge in [-0.3, -0.25) is 0 Å². The van der Waals surface area contributed by atoms with Crippen LogP contribution in [-0.2, 0) is 6.54 Å². The predicted octanol–water partition coefficient (Wildman–Crippen LogP) is 3.05. The summed E-state index contributed by atoms with van der Waals surface area (Å²) >= 11 is 13.5. The van der Waals surface area contributed by atoms with Crippen molar-refractivity contribution in [1.29, 1.82) is 0 Å². The second kappa shape index (κ2) is 5.71. The molecule has 8 heteroatoms. The van der Waals surface area contributed by atoms with E-state index in [1.165, 1.54) is 0 Å². The van der Waals surface area contributed by atoms with Gasteiger partial charge in [0, 0.05) is 11.1 Å². The first-order valence-corrected chi connectivity index (χ1v) is 6.65. The Labute approximate surface area is 118 Å². The van der Waals surface area contributed by atoms with E-state index in [0.29, 0.717) is 28.2 Å². The Balaban J connectivity index is 2.13. The van der Waals surface area contributed by atoms with E-state index in [9.17, 15) is 0 Å². The van der Waals surface area contributed by atoms with E-state index in [4.69, 9.17) is 29.0 Å². The molecule has 0 aromatic carbocycles. The molecule has 0 amide bonds. The fourth-order valence-corrected chi connectivity index (χ4v) is 2.54. The van der Waals surface area contributed by atoms with Gasteiger partial charge in [-0.2, -0.15) is 0 Å². The second-order valence-corrected chi connectivity index (χ2v) is 5.65. The van der Waals surface area contributed by atoms with Crippen molar-refractivity contribution in [3.05, 3.63) is 32.2 Å². The lowest BCUT2D eigenvalue weighted by Crippen LogP contribution is -2.11. The quantitative estimate of drug-likeness (QED) is 0.598. The minimum Gasteiger partial charge on any atom is -0.362 e. The van der Waals surface area contributed by atoms with Crippen molar-refractivity contribution in [2.45, 2.75) is 13.5 Å². The summed E-state index contributed by atoms with van der Waals surface area (Å²) in [5.74, 6) is 6.19. The van der Waals surface area contributed by atoms with Gasteiger partial charge in [0.2, 0.25) is 0 Å². The number of hydrogen-bond acceptors (Lipinski definition) is 6. The molecule has 5 nitrogen and oxygen atoms in total. The van der Waals surface area contributed by atoms with Crippen molar-refractivity contribution in [2.24, 2.45) is 5.84 Å². The highest BCUT2D eigenvalue weighted by atomic mass is 35.5. The highest BCUT2D eigenvalue weighted by molar-refractivity contribution is 7.11. The van der Waals surface area contributed by atoms with Crippen LogP contribution in [0.15, 0.2) is 12.3 Å². The minimum absolute atomic E-state index is 0.373. The summed E-state index contributed by atoms with van der Waals surface area (Å²) in [6, 6.07) is 1.58. The molecule has 0 fully saturated rings. The SMILES string of the molecule is Cc1cnc(CNc2nc(NN)c(Cl)cc2Cl)s1.